The Morgan fingerprint density at radius 3 is 2.32 bits per heavy atom. The zero-order valence-electron chi connectivity index (χ0n) is 16.5. The van der Waals surface area contributed by atoms with Gasteiger partial charge in [-0.2, -0.15) is 18.3 Å². The van der Waals surface area contributed by atoms with Gasteiger partial charge in [-0.3, -0.25) is 20.4 Å². The predicted molar refractivity (Wildman–Crippen MR) is 107 cm³/mol. The molecule has 6 nitrogen and oxygen atoms in total. The number of nitrogens with zero attached hydrogens (tertiary/aromatic N) is 2. The van der Waals surface area contributed by atoms with Gasteiger partial charge in [0.05, 0.1) is 28.7 Å². The SMILES string of the molecule is Cc1ccccc1C(=O)NNC(=O)c1cnn(-c2cccc(C(F)(F)F)c2)c1C1CC1. The van der Waals surface area contributed by atoms with Crippen LogP contribution in [0.2, 0.25) is 0 Å². The first-order valence-corrected chi connectivity index (χ1v) is 9.67. The quantitative estimate of drug-likeness (QED) is 0.613. The highest BCUT2D eigenvalue weighted by Gasteiger charge is 2.34. The number of hydrazine groups is 1. The second-order valence-electron chi connectivity index (χ2n) is 7.40. The minimum atomic E-state index is -4.48. The Kier molecular flexibility index (Phi) is 5.26. The van der Waals surface area contributed by atoms with Crippen LogP contribution in [0.3, 0.4) is 0 Å². The van der Waals surface area contributed by atoms with Crippen LogP contribution in [0.15, 0.2) is 54.7 Å². The molecule has 160 valence electrons. The van der Waals surface area contributed by atoms with Crippen molar-refractivity contribution in [3.8, 4) is 5.69 Å². The van der Waals surface area contributed by atoms with Gasteiger partial charge in [0.15, 0.2) is 0 Å². The second-order valence-corrected chi connectivity index (χ2v) is 7.40. The fourth-order valence-electron chi connectivity index (χ4n) is 3.38. The van der Waals surface area contributed by atoms with Crippen molar-refractivity contribution in [1.82, 2.24) is 20.6 Å². The van der Waals surface area contributed by atoms with Crippen molar-refractivity contribution in [3.05, 3.63) is 82.7 Å². The van der Waals surface area contributed by atoms with Gasteiger partial charge in [-0.1, -0.05) is 24.3 Å². The number of nitrogens with one attached hydrogen (secondary N) is 2. The summed E-state index contributed by atoms with van der Waals surface area (Å²) in [5.41, 5.74) is 6.10. The number of rotatable bonds is 4. The van der Waals surface area contributed by atoms with E-state index in [9.17, 15) is 22.8 Å². The van der Waals surface area contributed by atoms with E-state index < -0.39 is 23.6 Å². The summed E-state index contributed by atoms with van der Waals surface area (Å²) in [4.78, 5) is 25.1. The number of halogens is 3. The Labute approximate surface area is 176 Å². The minimum absolute atomic E-state index is 0.0184. The molecule has 0 bridgehead atoms. The lowest BCUT2D eigenvalue weighted by Crippen LogP contribution is -2.42. The Morgan fingerprint density at radius 1 is 1.00 bits per heavy atom. The fraction of sp³-hybridized carbons (Fsp3) is 0.227. The number of hydrogen-bond acceptors (Lipinski definition) is 3. The maximum Gasteiger partial charge on any atom is 0.416 e. The van der Waals surface area contributed by atoms with Gasteiger partial charge in [0, 0.05) is 11.5 Å². The largest absolute Gasteiger partial charge is 0.416 e. The molecule has 9 heteroatoms. The van der Waals surface area contributed by atoms with Crippen molar-refractivity contribution in [2.45, 2.75) is 31.9 Å². The van der Waals surface area contributed by atoms with Crippen LogP contribution < -0.4 is 10.9 Å². The summed E-state index contributed by atoms with van der Waals surface area (Å²) in [6.45, 7) is 1.78. The van der Waals surface area contributed by atoms with Crippen molar-refractivity contribution >= 4 is 11.8 Å². The molecule has 0 atom stereocenters. The number of amides is 2. The lowest BCUT2D eigenvalue weighted by atomic mass is 10.1. The number of carbonyl (C=O) groups is 2. The first kappa shape index (κ1) is 20.6. The lowest BCUT2D eigenvalue weighted by Gasteiger charge is -2.12. The van der Waals surface area contributed by atoms with E-state index in [0.29, 0.717) is 11.3 Å². The van der Waals surface area contributed by atoms with Gasteiger partial charge in [-0.05, 0) is 49.6 Å². The highest BCUT2D eigenvalue weighted by atomic mass is 19.4. The molecule has 31 heavy (non-hydrogen) atoms. The molecule has 1 saturated carbocycles. The monoisotopic (exact) mass is 428 g/mol. The van der Waals surface area contributed by atoms with Gasteiger partial charge in [-0.25, -0.2) is 4.68 Å². The first-order valence-electron chi connectivity index (χ1n) is 9.67. The molecule has 1 heterocycles. The van der Waals surface area contributed by atoms with Crippen molar-refractivity contribution in [1.29, 1.82) is 0 Å². The Balaban J connectivity index is 1.58. The summed E-state index contributed by atoms with van der Waals surface area (Å²) in [7, 11) is 0. The number of carbonyl (C=O) groups excluding carboxylic acids is 2. The number of hydrogen-bond donors (Lipinski definition) is 2. The molecule has 0 unspecified atom stereocenters. The number of alkyl halides is 3. The summed E-state index contributed by atoms with van der Waals surface area (Å²) >= 11 is 0. The highest BCUT2D eigenvalue weighted by molar-refractivity contribution is 6.00. The van der Waals surface area contributed by atoms with E-state index in [1.807, 2.05) is 0 Å². The van der Waals surface area contributed by atoms with Gasteiger partial charge in [0.25, 0.3) is 11.8 Å². The molecule has 1 aliphatic carbocycles. The predicted octanol–water partition coefficient (Wildman–Crippen LogP) is 4.15. The van der Waals surface area contributed by atoms with Crippen LogP contribution in [-0.2, 0) is 6.18 Å². The second kappa shape index (κ2) is 7.90. The molecule has 3 aromatic rings. The van der Waals surface area contributed by atoms with Crippen molar-refractivity contribution < 1.29 is 22.8 Å². The lowest BCUT2D eigenvalue weighted by molar-refractivity contribution is -0.137. The summed E-state index contributed by atoms with van der Waals surface area (Å²) in [5.74, 6) is -1.03. The summed E-state index contributed by atoms with van der Waals surface area (Å²) in [5, 5.41) is 4.17. The first-order chi connectivity index (χ1) is 14.8. The number of benzene rings is 2. The molecule has 4 rings (SSSR count). The molecule has 2 amide bonds. The number of aryl methyl sites for hydroxylation is 1. The van der Waals surface area contributed by atoms with Gasteiger partial charge >= 0.3 is 6.18 Å². The average Bonchev–Trinajstić information content (AvgIpc) is 3.49. The summed E-state index contributed by atoms with van der Waals surface area (Å²) in [6, 6.07) is 11.7. The van der Waals surface area contributed by atoms with E-state index in [2.05, 4.69) is 16.0 Å². The van der Waals surface area contributed by atoms with E-state index in [1.165, 1.54) is 23.0 Å². The number of aromatic nitrogens is 2. The molecule has 2 aromatic carbocycles. The molecular formula is C22H19F3N4O2. The van der Waals surface area contributed by atoms with Crippen molar-refractivity contribution in [2.75, 3.05) is 0 Å². The summed E-state index contributed by atoms with van der Waals surface area (Å²) in [6.07, 6.45) is -1.56. The smallest absolute Gasteiger partial charge is 0.267 e. The Hall–Kier alpha value is -3.62. The van der Waals surface area contributed by atoms with E-state index in [1.54, 1.807) is 31.2 Å². The van der Waals surface area contributed by atoms with Crippen LogP contribution in [0.25, 0.3) is 5.69 Å². The van der Waals surface area contributed by atoms with Gasteiger partial charge < -0.3 is 0 Å². The van der Waals surface area contributed by atoms with E-state index in [-0.39, 0.29) is 17.2 Å². The van der Waals surface area contributed by atoms with Gasteiger partial charge in [-0.15, -0.1) is 0 Å². The molecule has 2 N–H and O–H groups in total. The molecule has 0 spiro atoms. The molecule has 0 aliphatic heterocycles. The molecule has 1 aliphatic rings. The molecular weight excluding hydrogens is 409 g/mol. The zero-order chi connectivity index (χ0) is 22.2. The summed E-state index contributed by atoms with van der Waals surface area (Å²) < 4.78 is 40.7. The van der Waals surface area contributed by atoms with Crippen LogP contribution in [0, 0.1) is 6.92 Å². The minimum Gasteiger partial charge on any atom is -0.267 e. The van der Waals surface area contributed by atoms with E-state index in [4.69, 9.17) is 0 Å². The third-order valence-corrected chi connectivity index (χ3v) is 5.11. The van der Waals surface area contributed by atoms with E-state index >= 15 is 0 Å². The molecule has 1 fully saturated rings. The van der Waals surface area contributed by atoms with Crippen LogP contribution in [0.4, 0.5) is 13.2 Å². The maximum atomic E-state index is 13.1. The Morgan fingerprint density at radius 2 is 1.68 bits per heavy atom. The molecule has 0 radical (unpaired) electrons. The Bertz CT molecular complexity index is 1150. The van der Waals surface area contributed by atoms with Crippen LogP contribution in [0.1, 0.15) is 56.3 Å². The third-order valence-electron chi connectivity index (χ3n) is 5.11. The van der Waals surface area contributed by atoms with Crippen molar-refractivity contribution in [3.63, 3.8) is 0 Å². The maximum absolute atomic E-state index is 13.1. The van der Waals surface area contributed by atoms with Crippen molar-refractivity contribution in [2.24, 2.45) is 0 Å². The zero-order valence-corrected chi connectivity index (χ0v) is 16.5. The standard InChI is InChI=1S/C22H19F3N4O2/c1-13-5-2-3-8-17(13)20(30)27-28-21(31)18-12-26-29(19(18)14-9-10-14)16-7-4-6-15(11-16)22(23,24)25/h2-8,11-12,14H,9-10H2,1H3,(H,27,30)(H,28,31). The molecule has 1 aromatic heterocycles. The van der Waals surface area contributed by atoms with Gasteiger partial charge in [0.1, 0.15) is 0 Å². The third kappa shape index (κ3) is 4.30. The van der Waals surface area contributed by atoms with Gasteiger partial charge in [0.2, 0.25) is 0 Å². The fourth-order valence-corrected chi connectivity index (χ4v) is 3.38. The topological polar surface area (TPSA) is 76.0 Å². The molecule has 0 saturated heterocycles. The van der Waals surface area contributed by atoms with Crippen LogP contribution in [-0.4, -0.2) is 21.6 Å². The van der Waals surface area contributed by atoms with E-state index in [0.717, 1.165) is 30.5 Å². The highest BCUT2D eigenvalue weighted by Crippen LogP contribution is 2.42. The normalized spacial score (nSPS) is 13.7. The average molecular weight is 428 g/mol. The van der Waals surface area contributed by atoms with Crippen LogP contribution in [0.5, 0.6) is 0 Å². The van der Waals surface area contributed by atoms with Crippen LogP contribution >= 0.6 is 0 Å².